The van der Waals surface area contributed by atoms with Gasteiger partial charge in [-0.05, 0) is 25.2 Å². The Labute approximate surface area is 209 Å². The molecule has 0 aromatic heterocycles. The summed E-state index contributed by atoms with van der Waals surface area (Å²) in [5, 5.41) is 11.4. The molecule has 0 amide bonds. The van der Waals surface area contributed by atoms with Crippen LogP contribution in [0.2, 0.25) is 0 Å². The zero-order chi connectivity index (χ0) is 19.5. The van der Waals surface area contributed by atoms with E-state index in [1.54, 1.807) is 0 Å². The largest absolute Gasteiger partial charge is 1.00 e. The molecule has 0 spiro atoms. The van der Waals surface area contributed by atoms with Gasteiger partial charge in [-0.1, -0.05) is 89.7 Å². The van der Waals surface area contributed by atoms with E-state index < -0.39 is 10.1 Å². The summed E-state index contributed by atoms with van der Waals surface area (Å²) in [6.45, 7) is 2.38. The van der Waals surface area contributed by atoms with Crippen LogP contribution in [0.3, 0.4) is 0 Å². The van der Waals surface area contributed by atoms with E-state index in [4.69, 9.17) is 4.55 Å². The van der Waals surface area contributed by atoms with Crippen molar-refractivity contribution in [3.8, 4) is 0 Å². The summed E-state index contributed by atoms with van der Waals surface area (Å²) >= 11 is 0. The molecule has 1 N–H and O–H groups in total. The third-order valence-electron chi connectivity index (χ3n) is 4.31. The Morgan fingerprint density at radius 1 is 0.889 bits per heavy atom. The zero-order valence-electron chi connectivity index (χ0n) is 17.5. The molecule has 0 aliphatic carbocycles. The molecule has 0 aromatic carbocycles. The van der Waals surface area contributed by atoms with Gasteiger partial charge in [-0.15, -0.1) is 0 Å². The molecule has 7 heteroatoms. The third kappa shape index (κ3) is 26.8. The van der Waals surface area contributed by atoms with Crippen molar-refractivity contribution in [2.75, 3.05) is 12.3 Å². The van der Waals surface area contributed by atoms with Crippen LogP contribution >= 0.6 is 0 Å². The van der Waals surface area contributed by atoms with E-state index in [-0.39, 0.29) is 76.0 Å². The molecule has 154 valence electrons. The number of allylic oxidation sites excluding steroid dienone is 1. The predicted molar refractivity (Wildman–Crippen MR) is 108 cm³/mol. The van der Waals surface area contributed by atoms with Crippen LogP contribution in [0.15, 0.2) is 17.1 Å². The van der Waals surface area contributed by atoms with Crippen molar-refractivity contribution in [3.05, 3.63) is 12.2 Å². The Morgan fingerprint density at radius 2 is 1.37 bits per heavy atom. The van der Waals surface area contributed by atoms with Crippen LogP contribution in [0.1, 0.15) is 96.8 Å². The minimum absolute atomic E-state index is 0. The number of unbranched alkanes of at least 4 members (excludes halogenated alkanes) is 12. The Morgan fingerprint density at radius 3 is 1.85 bits per heavy atom. The molecule has 27 heavy (non-hydrogen) atoms. The first-order valence-electron chi connectivity index (χ1n) is 10.3. The fourth-order valence-electron chi connectivity index (χ4n) is 2.78. The second kappa shape index (κ2) is 21.5. The Balaban J connectivity index is 0. The van der Waals surface area contributed by atoms with Crippen molar-refractivity contribution in [1.82, 2.24) is 0 Å². The van der Waals surface area contributed by atoms with E-state index in [0.717, 1.165) is 12.8 Å². The average molecular weight is 428 g/mol. The predicted octanol–water partition coefficient (Wildman–Crippen LogP) is 1.67. The van der Waals surface area contributed by atoms with Crippen LogP contribution in [0.4, 0.5) is 0 Å². The van der Waals surface area contributed by atoms with Crippen molar-refractivity contribution < 1.29 is 69.5 Å². The van der Waals surface area contributed by atoms with Gasteiger partial charge in [0.05, 0.1) is 5.75 Å². The van der Waals surface area contributed by atoms with Crippen LogP contribution in [-0.4, -0.2) is 31.2 Å². The van der Waals surface area contributed by atoms with Gasteiger partial charge < -0.3 is 10.1 Å². The first-order valence-corrected chi connectivity index (χ1v) is 11.9. The number of nitrogens with zero attached hydrogens (tertiary/aromatic N) is 1. The van der Waals surface area contributed by atoms with Gasteiger partial charge in [-0.2, -0.15) is 8.42 Å². The Hall–Kier alpha value is 0.756. The molecule has 0 radical (unpaired) electrons. The molecule has 0 unspecified atom stereocenters. The van der Waals surface area contributed by atoms with E-state index >= 15 is 0 Å². The molecule has 5 nitrogen and oxygen atoms in total. The molecular formula is C20H38KNO4S. The minimum atomic E-state index is -3.95. The summed E-state index contributed by atoms with van der Waals surface area (Å²) in [5.41, 5.74) is 0. The second-order valence-electron chi connectivity index (χ2n) is 6.94. The average Bonchev–Trinajstić information content (AvgIpc) is 2.58. The van der Waals surface area contributed by atoms with Crippen molar-refractivity contribution >= 4 is 16.0 Å². The number of hydrogen-bond acceptors (Lipinski definition) is 4. The standard InChI is InChI=1S/C20H39NO4S.K/c1-2-3-4-5-6-7-8-9-10-11-12-13-14-15-17-20(22)21-18-16-19-26(23,24)25;/h15,17H,2-14,16,18-19H2,1H3,(H,21,22)(H,23,24,25);/q;+1/p-1/b17-15+;. The molecule has 0 bridgehead atoms. The van der Waals surface area contributed by atoms with E-state index in [1.165, 1.54) is 76.7 Å². The molecule has 0 aliphatic rings. The molecular weight excluding hydrogens is 389 g/mol. The van der Waals surface area contributed by atoms with E-state index in [2.05, 4.69) is 11.9 Å². The monoisotopic (exact) mass is 427 g/mol. The third-order valence-corrected chi connectivity index (χ3v) is 5.12. The molecule has 0 heterocycles. The first-order chi connectivity index (χ1) is 12.5. The smallest absolute Gasteiger partial charge is 0.859 e. The quantitative estimate of drug-likeness (QED) is 0.118. The van der Waals surface area contributed by atoms with Gasteiger partial charge in [0.2, 0.25) is 0 Å². The maximum absolute atomic E-state index is 11.4. The van der Waals surface area contributed by atoms with Crippen molar-refractivity contribution in [2.24, 2.45) is 4.99 Å². The molecule has 0 saturated heterocycles. The summed E-state index contributed by atoms with van der Waals surface area (Å²) in [4.78, 5) is 3.73. The van der Waals surface area contributed by atoms with Crippen molar-refractivity contribution in [1.29, 1.82) is 0 Å². The van der Waals surface area contributed by atoms with Crippen molar-refractivity contribution in [3.63, 3.8) is 0 Å². The molecule has 0 aliphatic heterocycles. The zero-order valence-corrected chi connectivity index (χ0v) is 21.4. The second-order valence-corrected chi connectivity index (χ2v) is 8.51. The van der Waals surface area contributed by atoms with E-state index in [0.29, 0.717) is 0 Å². The molecule has 0 rings (SSSR count). The normalized spacial score (nSPS) is 12.4. The molecule has 0 saturated carbocycles. The van der Waals surface area contributed by atoms with E-state index in [1.807, 2.05) is 6.08 Å². The summed E-state index contributed by atoms with van der Waals surface area (Å²) in [5.74, 6) is -0.689. The van der Waals surface area contributed by atoms with Gasteiger partial charge in [-0.25, -0.2) is 0 Å². The topological polar surface area (TPSA) is 89.8 Å². The van der Waals surface area contributed by atoms with Crippen LogP contribution in [0.5, 0.6) is 0 Å². The Kier molecular flexibility index (Phi) is 23.8. The van der Waals surface area contributed by atoms with Crippen LogP contribution < -0.4 is 56.5 Å². The minimum Gasteiger partial charge on any atom is -0.859 e. The molecule has 0 atom stereocenters. The van der Waals surface area contributed by atoms with Gasteiger partial charge in [0.1, 0.15) is 0 Å². The number of aliphatic imine (C=N–C) groups is 1. The Bertz CT molecular complexity index is 478. The fourth-order valence-corrected chi connectivity index (χ4v) is 3.27. The fraction of sp³-hybridized carbons (Fsp3) is 0.850. The maximum atomic E-state index is 11.4. The summed E-state index contributed by atoms with van der Waals surface area (Å²) in [7, 11) is -3.95. The maximum Gasteiger partial charge on any atom is 1.00 e. The van der Waals surface area contributed by atoms with Crippen molar-refractivity contribution in [2.45, 2.75) is 96.8 Å². The van der Waals surface area contributed by atoms with Crippen LogP contribution in [0, 0.1) is 0 Å². The first kappa shape index (κ1) is 30.0. The molecule has 0 aromatic rings. The summed E-state index contributed by atoms with van der Waals surface area (Å²) < 4.78 is 29.6. The van der Waals surface area contributed by atoms with Gasteiger partial charge in [0.15, 0.2) is 0 Å². The van der Waals surface area contributed by atoms with Crippen LogP contribution in [-0.2, 0) is 10.1 Å². The molecule has 0 fully saturated rings. The van der Waals surface area contributed by atoms with Gasteiger partial charge >= 0.3 is 51.4 Å². The summed E-state index contributed by atoms with van der Waals surface area (Å²) in [6.07, 6.45) is 20.1. The van der Waals surface area contributed by atoms with E-state index in [9.17, 15) is 13.5 Å². The van der Waals surface area contributed by atoms with Gasteiger partial charge in [0, 0.05) is 6.54 Å². The number of hydrogen-bond donors (Lipinski definition) is 1. The number of rotatable bonds is 18. The van der Waals surface area contributed by atoms with Gasteiger partial charge in [-0.3, -0.25) is 4.55 Å². The van der Waals surface area contributed by atoms with Gasteiger partial charge in [0.25, 0.3) is 10.1 Å². The SMILES string of the molecule is CCCCCCCCCCCCCC/C=C/C([O-])=NCCCS(=O)(=O)O.[K+]. The summed E-state index contributed by atoms with van der Waals surface area (Å²) in [6, 6.07) is 0. The van der Waals surface area contributed by atoms with Crippen LogP contribution in [0.25, 0.3) is 0 Å².